The second kappa shape index (κ2) is 5.74. The molecule has 0 radical (unpaired) electrons. The lowest BCUT2D eigenvalue weighted by Gasteiger charge is -2.08. The number of amides is 1. The van der Waals surface area contributed by atoms with E-state index in [4.69, 9.17) is 0 Å². The van der Waals surface area contributed by atoms with Gasteiger partial charge in [0.1, 0.15) is 0 Å². The highest BCUT2D eigenvalue weighted by molar-refractivity contribution is 7.92. The third-order valence-corrected chi connectivity index (χ3v) is 3.79. The number of carbonyl (C=O) groups is 1. The summed E-state index contributed by atoms with van der Waals surface area (Å²) in [6, 6.07) is 6.47. The number of sulfonamides is 1. The summed E-state index contributed by atoms with van der Waals surface area (Å²) in [6.07, 6.45) is 2.85. The van der Waals surface area contributed by atoms with Gasteiger partial charge in [-0.2, -0.15) is 8.42 Å². The molecule has 8 heteroatoms. The first kappa shape index (κ1) is 14.1. The van der Waals surface area contributed by atoms with Gasteiger partial charge in [-0.1, -0.05) is 13.0 Å². The molecule has 0 aliphatic carbocycles. The lowest BCUT2D eigenvalue weighted by molar-refractivity contribution is -0.115. The number of nitrogens with one attached hydrogen (secondary N) is 3. The Balaban J connectivity index is 2.18. The van der Waals surface area contributed by atoms with Crippen LogP contribution in [0.15, 0.2) is 41.8 Å². The minimum atomic E-state index is -3.70. The molecular weight excluding hydrogens is 280 g/mol. The number of nitrogens with zero attached hydrogens (tertiary/aromatic N) is 1. The minimum Gasteiger partial charge on any atom is -0.334 e. The van der Waals surface area contributed by atoms with Gasteiger partial charge in [-0.25, -0.2) is 4.98 Å². The zero-order chi connectivity index (χ0) is 14.6. The SMILES string of the molecule is CCC(=O)Nc1cccc(NS(=O)(=O)c2cnc[nH]2)c1. The van der Waals surface area contributed by atoms with Gasteiger partial charge < -0.3 is 10.3 Å². The molecule has 0 saturated heterocycles. The van der Waals surface area contributed by atoms with E-state index in [1.54, 1.807) is 31.2 Å². The van der Waals surface area contributed by atoms with Crippen LogP contribution >= 0.6 is 0 Å². The van der Waals surface area contributed by atoms with E-state index in [1.165, 1.54) is 12.5 Å². The summed E-state index contributed by atoms with van der Waals surface area (Å²) in [6.45, 7) is 1.74. The molecule has 0 aliphatic rings. The van der Waals surface area contributed by atoms with Crippen molar-refractivity contribution in [1.82, 2.24) is 9.97 Å². The summed E-state index contributed by atoms with van der Waals surface area (Å²) < 4.78 is 26.4. The van der Waals surface area contributed by atoms with Crippen molar-refractivity contribution in [3.05, 3.63) is 36.8 Å². The average molecular weight is 294 g/mol. The summed E-state index contributed by atoms with van der Waals surface area (Å²) in [5.74, 6) is -0.140. The summed E-state index contributed by atoms with van der Waals surface area (Å²) in [5, 5.41) is 2.63. The molecule has 1 heterocycles. The Morgan fingerprint density at radius 2 is 2.10 bits per heavy atom. The van der Waals surface area contributed by atoms with Crippen molar-refractivity contribution in [3.8, 4) is 0 Å². The standard InChI is InChI=1S/C12H14N4O3S/c1-2-11(17)15-9-4-3-5-10(6-9)16-20(18,19)12-7-13-8-14-12/h3-8,16H,2H2,1H3,(H,13,14)(H,15,17). The molecule has 0 aliphatic heterocycles. The summed E-state index contributed by atoms with van der Waals surface area (Å²) in [5.41, 5.74) is 0.884. The second-order valence-corrected chi connectivity index (χ2v) is 5.65. The Kier molecular flexibility index (Phi) is 4.04. The number of anilines is 2. The Morgan fingerprint density at radius 3 is 2.75 bits per heavy atom. The molecule has 0 fully saturated rings. The van der Waals surface area contributed by atoms with Crippen LogP contribution in [-0.2, 0) is 14.8 Å². The number of H-pyrrole nitrogens is 1. The lowest BCUT2D eigenvalue weighted by Crippen LogP contribution is -2.14. The third kappa shape index (κ3) is 3.35. The van der Waals surface area contributed by atoms with Gasteiger partial charge in [-0.15, -0.1) is 0 Å². The molecule has 0 spiro atoms. The van der Waals surface area contributed by atoms with E-state index in [9.17, 15) is 13.2 Å². The molecule has 1 aromatic heterocycles. The molecule has 2 rings (SSSR count). The molecule has 106 valence electrons. The van der Waals surface area contributed by atoms with Crippen LogP contribution in [0, 0.1) is 0 Å². The van der Waals surface area contributed by atoms with E-state index < -0.39 is 10.0 Å². The quantitative estimate of drug-likeness (QED) is 0.778. The van der Waals surface area contributed by atoms with Crippen LogP contribution in [0.5, 0.6) is 0 Å². The molecule has 1 amide bonds. The van der Waals surface area contributed by atoms with E-state index in [1.807, 2.05) is 0 Å². The van der Waals surface area contributed by atoms with E-state index in [0.717, 1.165) is 0 Å². The normalized spacial score (nSPS) is 11.1. The van der Waals surface area contributed by atoms with E-state index in [-0.39, 0.29) is 10.9 Å². The highest BCUT2D eigenvalue weighted by Crippen LogP contribution is 2.18. The summed E-state index contributed by atoms with van der Waals surface area (Å²) in [4.78, 5) is 17.5. The van der Waals surface area contributed by atoms with Crippen LogP contribution in [0.2, 0.25) is 0 Å². The zero-order valence-corrected chi connectivity index (χ0v) is 11.6. The first-order valence-corrected chi connectivity index (χ1v) is 7.40. The van der Waals surface area contributed by atoms with Gasteiger partial charge in [0.05, 0.1) is 18.2 Å². The van der Waals surface area contributed by atoms with Crippen LogP contribution in [0.3, 0.4) is 0 Å². The molecule has 2 aromatic rings. The fourth-order valence-electron chi connectivity index (χ4n) is 1.51. The lowest BCUT2D eigenvalue weighted by atomic mass is 10.3. The Labute approximate surface area is 116 Å². The second-order valence-electron chi connectivity index (χ2n) is 4.00. The first-order valence-electron chi connectivity index (χ1n) is 5.92. The maximum Gasteiger partial charge on any atom is 0.278 e. The molecule has 0 atom stereocenters. The maximum atomic E-state index is 12.0. The number of hydrogen-bond acceptors (Lipinski definition) is 4. The van der Waals surface area contributed by atoms with Crippen LogP contribution in [0.25, 0.3) is 0 Å². The van der Waals surface area contributed by atoms with E-state index in [0.29, 0.717) is 17.8 Å². The predicted octanol–water partition coefficient (Wildman–Crippen LogP) is 1.56. The molecule has 3 N–H and O–H groups in total. The molecular formula is C12H14N4O3S. The fourth-order valence-corrected chi connectivity index (χ4v) is 2.46. The highest BCUT2D eigenvalue weighted by Gasteiger charge is 2.15. The Hall–Kier alpha value is -2.35. The topological polar surface area (TPSA) is 104 Å². The van der Waals surface area contributed by atoms with Gasteiger partial charge in [-0.05, 0) is 18.2 Å². The van der Waals surface area contributed by atoms with Crippen molar-refractivity contribution in [3.63, 3.8) is 0 Å². The van der Waals surface area contributed by atoms with Crippen LogP contribution < -0.4 is 10.0 Å². The first-order chi connectivity index (χ1) is 9.51. The van der Waals surface area contributed by atoms with Gasteiger partial charge in [0.15, 0.2) is 5.03 Å². The van der Waals surface area contributed by atoms with Gasteiger partial charge in [0.2, 0.25) is 5.91 Å². The molecule has 0 unspecified atom stereocenters. The molecule has 1 aromatic carbocycles. The van der Waals surface area contributed by atoms with Gasteiger partial charge in [-0.3, -0.25) is 9.52 Å². The highest BCUT2D eigenvalue weighted by atomic mass is 32.2. The van der Waals surface area contributed by atoms with Gasteiger partial charge in [0, 0.05) is 12.1 Å². The molecule has 0 saturated carbocycles. The maximum absolute atomic E-state index is 12.0. The zero-order valence-electron chi connectivity index (χ0n) is 10.8. The number of rotatable bonds is 5. The summed E-state index contributed by atoms with van der Waals surface area (Å²) in [7, 11) is -3.70. The van der Waals surface area contributed by atoms with Crippen molar-refractivity contribution >= 4 is 27.3 Å². The Bertz CT molecular complexity index is 695. The van der Waals surface area contributed by atoms with Crippen LogP contribution in [0.4, 0.5) is 11.4 Å². The number of imidazole rings is 1. The number of carbonyl (C=O) groups excluding carboxylic acids is 1. The number of hydrogen-bond donors (Lipinski definition) is 3. The van der Waals surface area contributed by atoms with Crippen molar-refractivity contribution in [2.45, 2.75) is 18.4 Å². The Morgan fingerprint density at radius 1 is 1.35 bits per heavy atom. The smallest absolute Gasteiger partial charge is 0.278 e. The largest absolute Gasteiger partial charge is 0.334 e. The molecule has 0 bridgehead atoms. The summed E-state index contributed by atoms with van der Waals surface area (Å²) >= 11 is 0. The molecule has 20 heavy (non-hydrogen) atoms. The van der Waals surface area contributed by atoms with Crippen molar-refractivity contribution in [2.24, 2.45) is 0 Å². The van der Waals surface area contributed by atoms with Crippen molar-refractivity contribution in [2.75, 3.05) is 10.0 Å². The monoisotopic (exact) mass is 294 g/mol. The van der Waals surface area contributed by atoms with Gasteiger partial charge in [0.25, 0.3) is 10.0 Å². The van der Waals surface area contributed by atoms with E-state index >= 15 is 0 Å². The van der Waals surface area contributed by atoms with Crippen molar-refractivity contribution in [1.29, 1.82) is 0 Å². The number of benzene rings is 1. The number of aromatic amines is 1. The fraction of sp³-hybridized carbons (Fsp3) is 0.167. The van der Waals surface area contributed by atoms with Gasteiger partial charge >= 0.3 is 0 Å². The van der Waals surface area contributed by atoms with Crippen molar-refractivity contribution < 1.29 is 13.2 Å². The molecule has 7 nitrogen and oxygen atoms in total. The van der Waals surface area contributed by atoms with E-state index in [2.05, 4.69) is 20.0 Å². The number of aromatic nitrogens is 2. The van der Waals surface area contributed by atoms with Crippen LogP contribution in [0.1, 0.15) is 13.3 Å². The minimum absolute atomic E-state index is 0.0273. The predicted molar refractivity (Wildman–Crippen MR) is 74.8 cm³/mol. The average Bonchev–Trinajstić information content (AvgIpc) is 2.93. The van der Waals surface area contributed by atoms with Crippen LogP contribution in [-0.4, -0.2) is 24.3 Å². The third-order valence-electron chi connectivity index (χ3n) is 2.48.